The molecule has 0 saturated heterocycles. The van der Waals surface area contributed by atoms with Crippen LogP contribution in [0, 0.1) is 17.8 Å². The zero-order valence-corrected chi connectivity index (χ0v) is 50.1. The number of hydrogen-bond donors (Lipinski definition) is 6. The number of aryl methyl sites for hydroxylation is 1. The molecule has 0 bridgehead atoms. The average Bonchev–Trinajstić information content (AvgIpc) is 2.06. The maximum Gasteiger partial charge on any atom is 0.228 e. The molecule has 3 aliphatic carbocycles. The Morgan fingerprint density at radius 3 is 1.46 bits per heavy atom. The van der Waals surface area contributed by atoms with Gasteiger partial charge in [-0.15, -0.1) is 0 Å². The number of anilines is 9. The van der Waals surface area contributed by atoms with Gasteiger partial charge in [-0.3, -0.25) is 19.1 Å². The predicted molar refractivity (Wildman–Crippen MR) is 330 cm³/mol. The zero-order valence-electron chi connectivity index (χ0n) is 50.1. The fourth-order valence-corrected chi connectivity index (χ4v) is 10.5. The van der Waals surface area contributed by atoms with Gasteiger partial charge in [0.25, 0.3) is 0 Å². The van der Waals surface area contributed by atoms with Crippen molar-refractivity contribution in [2.45, 2.75) is 90.9 Å². The Balaban J connectivity index is 0.833. The maximum atomic E-state index is 16.6. The number of carbonyl (C=O) groups excluding carboxylic acids is 3. The highest BCUT2D eigenvalue weighted by atomic mass is 19.1. The second kappa shape index (κ2) is 25.7. The second-order valence-electron chi connectivity index (χ2n) is 22.3. The van der Waals surface area contributed by atoms with E-state index in [0.29, 0.717) is 62.5 Å². The van der Waals surface area contributed by atoms with Crippen molar-refractivity contribution in [1.82, 2.24) is 59.2 Å². The van der Waals surface area contributed by atoms with Crippen molar-refractivity contribution in [3.05, 3.63) is 126 Å². The number of pyridine rings is 3. The summed E-state index contributed by atoms with van der Waals surface area (Å²) in [6, 6.07) is 20.7. The highest BCUT2D eigenvalue weighted by Gasteiger charge is 2.33. The first kappa shape index (κ1) is 59.8. The van der Waals surface area contributed by atoms with Gasteiger partial charge >= 0.3 is 0 Å². The van der Waals surface area contributed by atoms with Gasteiger partial charge in [0.15, 0.2) is 34.7 Å². The second-order valence-corrected chi connectivity index (χ2v) is 22.3. The Morgan fingerprint density at radius 1 is 0.567 bits per heavy atom. The van der Waals surface area contributed by atoms with Gasteiger partial charge in [-0.05, 0) is 88.3 Å². The summed E-state index contributed by atoms with van der Waals surface area (Å²) < 4.78 is 69.8. The molecule has 9 aromatic rings. The van der Waals surface area contributed by atoms with Gasteiger partial charge in [-0.25, -0.2) is 52.4 Å². The lowest BCUT2D eigenvalue weighted by molar-refractivity contribution is -0.118. The summed E-state index contributed by atoms with van der Waals surface area (Å²) in [5.41, 5.74) is 4.99. The Hall–Kier alpha value is -10.5. The number of hydrogen-bond acceptors (Lipinski definition) is 18. The standard InChI is InChI=1S/C63H65F3N18O6/c1-7-42(66)54-48(73-45-16-8-11-37(55(45)88-4)58-68-30-82(3)79-58)25-53(78-63(87)36-21-22-36)75-50(54)29-84-32-70-60(81-84)38-12-9-14-43(56(38)89-5)71-46-24-52(77-62(86)35-19-20-35)74-49(40(46)26-64)28-83-31-69-59(80-83)39-13-10-15-44(57(39)90-6)72-47-23-51(67-27-41(47)33(2)65)76-61(85)34-17-18-34/h8-16,23-25,27,30-36,42H,7,17-22,26,28-29H2,1-6H3,(H2,67,72,76,85)(H2,71,74,77,86)(H2,73,75,78,87). The van der Waals surface area contributed by atoms with E-state index in [0.717, 1.165) is 38.5 Å². The van der Waals surface area contributed by atoms with Crippen LogP contribution in [0.5, 0.6) is 17.2 Å². The summed E-state index contributed by atoms with van der Waals surface area (Å²) in [6.45, 7) is 1.97. The van der Waals surface area contributed by atoms with E-state index >= 15 is 8.78 Å². The smallest absolute Gasteiger partial charge is 0.228 e. The fourth-order valence-electron chi connectivity index (χ4n) is 10.5. The normalized spacial score (nSPS) is 14.3. The Bertz CT molecular complexity index is 4180. The number of carbonyl (C=O) groups is 3. The molecule has 6 N–H and O–H groups in total. The van der Waals surface area contributed by atoms with Crippen molar-refractivity contribution in [1.29, 1.82) is 0 Å². The van der Waals surface area contributed by atoms with Crippen LogP contribution in [0.25, 0.3) is 34.2 Å². The molecule has 24 nitrogen and oxygen atoms in total. The van der Waals surface area contributed by atoms with E-state index < -0.39 is 19.0 Å². The number of nitrogens with one attached hydrogen (secondary N) is 6. The van der Waals surface area contributed by atoms with Gasteiger partial charge < -0.3 is 46.1 Å². The largest absolute Gasteiger partial charge is 0.494 e. The molecule has 27 heteroatoms. The van der Waals surface area contributed by atoms with Gasteiger partial charge in [0.05, 0.1) is 90.9 Å². The van der Waals surface area contributed by atoms with Crippen LogP contribution >= 0.6 is 0 Å². The van der Waals surface area contributed by atoms with Gasteiger partial charge in [0.1, 0.15) is 55.5 Å². The average molecular weight is 1230 g/mol. The van der Waals surface area contributed by atoms with Crippen molar-refractivity contribution in [2.24, 2.45) is 24.8 Å². The quantitative estimate of drug-likeness (QED) is 0.0294. The lowest BCUT2D eigenvalue weighted by atomic mass is 10.0. The third-order valence-corrected chi connectivity index (χ3v) is 15.6. The van der Waals surface area contributed by atoms with Crippen molar-refractivity contribution < 1.29 is 41.8 Å². The Kier molecular flexibility index (Phi) is 17.1. The highest BCUT2D eigenvalue weighted by Crippen LogP contribution is 2.44. The van der Waals surface area contributed by atoms with Gasteiger partial charge in [-0.2, -0.15) is 15.3 Å². The van der Waals surface area contributed by atoms with Crippen LogP contribution in [0.2, 0.25) is 0 Å². The van der Waals surface area contributed by atoms with E-state index in [1.165, 1.54) is 56.5 Å². The van der Waals surface area contributed by atoms with E-state index in [1.807, 2.05) is 12.1 Å². The number of benzene rings is 3. The maximum absolute atomic E-state index is 16.6. The fraction of sp³-hybridized carbons (Fsp3) is 0.333. The van der Waals surface area contributed by atoms with Crippen molar-refractivity contribution in [3.63, 3.8) is 0 Å². The first-order valence-corrected chi connectivity index (χ1v) is 29.5. The van der Waals surface area contributed by atoms with E-state index in [9.17, 15) is 18.8 Å². The summed E-state index contributed by atoms with van der Waals surface area (Å²) in [4.78, 5) is 66.7. The summed E-state index contributed by atoms with van der Waals surface area (Å²) in [6.07, 6.45) is 7.68. The minimum atomic E-state index is -1.51. The molecular formula is C63H65F3N18O6. The van der Waals surface area contributed by atoms with Crippen molar-refractivity contribution in [3.8, 4) is 51.4 Å². The van der Waals surface area contributed by atoms with Crippen LogP contribution in [0.1, 0.15) is 99.2 Å². The SMILES string of the molecule is CCC(F)c1c(Nc2cccc(-c3ncn(C)n3)c2OC)cc(NC(=O)C2CC2)nc1Cn1cnc(-c2cccc(Nc3cc(NC(=O)C4CC4)nc(Cn4cnc(-c5cccc(Nc6cc(NC(=O)C7CC7)ncc6C(C)F)c5OC)n4)c3CF)c2OC)n1. The summed E-state index contributed by atoms with van der Waals surface area (Å²) in [5.74, 6) is 1.64. The van der Waals surface area contributed by atoms with Gasteiger partial charge in [-0.1, -0.05) is 25.1 Å². The number of aromatic nitrogens is 12. The van der Waals surface area contributed by atoms with E-state index in [4.69, 9.17) is 34.4 Å². The lowest BCUT2D eigenvalue weighted by Crippen LogP contribution is -2.17. The number of amides is 3. The number of nitrogens with zero attached hydrogens (tertiary/aromatic N) is 12. The minimum absolute atomic E-state index is 0.0650. The van der Waals surface area contributed by atoms with Crippen LogP contribution in [-0.4, -0.2) is 98.3 Å². The van der Waals surface area contributed by atoms with Crippen molar-refractivity contribution >= 4 is 69.3 Å². The Labute approximate surface area is 514 Å². The monoisotopic (exact) mass is 1230 g/mol. The summed E-state index contributed by atoms with van der Waals surface area (Å²) in [7, 11) is 6.24. The zero-order chi connectivity index (χ0) is 62.7. The van der Waals surface area contributed by atoms with Crippen LogP contribution in [0.3, 0.4) is 0 Å². The van der Waals surface area contributed by atoms with Crippen LogP contribution in [-0.2, 0) is 41.2 Å². The van der Waals surface area contributed by atoms with Crippen LogP contribution in [0.4, 0.5) is 64.7 Å². The van der Waals surface area contributed by atoms with E-state index in [1.54, 1.807) is 85.6 Å². The predicted octanol–water partition coefficient (Wildman–Crippen LogP) is 11.5. The molecule has 464 valence electrons. The molecule has 0 radical (unpaired) electrons. The molecule has 3 fully saturated rings. The molecule has 3 amide bonds. The first-order valence-electron chi connectivity index (χ1n) is 29.5. The molecule has 6 heterocycles. The Morgan fingerprint density at radius 2 is 1.00 bits per heavy atom. The number of para-hydroxylation sites is 3. The lowest BCUT2D eigenvalue weighted by Gasteiger charge is -2.21. The third-order valence-electron chi connectivity index (χ3n) is 15.6. The molecule has 3 aliphatic rings. The van der Waals surface area contributed by atoms with Gasteiger partial charge in [0.2, 0.25) is 17.7 Å². The molecular weight excluding hydrogens is 1160 g/mol. The van der Waals surface area contributed by atoms with Gasteiger partial charge in [0, 0.05) is 71.6 Å². The summed E-state index contributed by atoms with van der Waals surface area (Å²) >= 11 is 0. The first-order chi connectivity index (χ1) is 43.7. The highest BCUT2D eigenvalue weighted by molar-refractivity contribution is 5.96. The van der Waals surface area contributed by atoms with E-state index in [-0.39, 0.29) is 124 Å². The van der Waals surface area contributed by atoms with Crippen LogP contribution in [0.15, 0.2) is 98.0 Å². The topological polar surface area (TPSA) is 282 Å². The summed E-state index contributed by atoms with van der Waals surface area (Å²) in [5, 5.41) is 32.8. The molecule has 3 aromatic carbocycles. The molecule has 3 saturated carbocycles. The molecule has 0 spiro atoms. The number of alkyl halides is 3. The third kappa shape index (κ3) is 13.1. The van der Waals surface area contributed by atoms with Crippen molar-refractivity contribution in [2.75, 3.05) is 53.2 Å². The number of halogens is 3. The number of rotatable bonds is 26. The molecule has 6 aromatic heterocycles. The molecule has 90 heavy (non-hydrogen) atoms. The molecule has 12 rings (SSSR count). The van der Waals surface area contributed by atoms with Crippen LogP contribution < -0.4 is 46.1 Å². The van der Waals surface area contributed by atoms with E-state index in [2.05, 4.69) is 56.9 Å². The molecule has 2 atom stereocenters. The molecule has 0 aliphatic heterocycles. The number of methoxy groups -OCH3 is 3. The minimum Gasteiger partial charge on any atom is -0.494 e. The molecule has 2 unspecified atom stereocenters. The number of ether oxygens (including phenoxy) is 3.